The molecule has 1 saturated heterocycles. The lowest BCUT2D eigenvalue weighted by Crippen LogP contribution is -2.39. The zero-order valence-corrected chi connectivity index (χ0v) is 11.9. The number of aliphatic carboxylic acids is 1. The molecule has 1 aliphatic heterocycles. The molecule has 110 valence electrons. The minimum absolute atomic E-state index is 0.114. The lowest BCUT2D eigenvalue weighted by molar-refractivity contribution is -0.141. The third-order valence-electron chi connectivity index (χ3n) is 3.63. The zero-order chi connectivity index (χ0) is 14.1. The van der Waals surface area contributed by atoms with Crippen LogP contribution in [-0.4, -0.2) is 41.6 Å². The molecule has 2 amide bonds. The molecule has 0 aromatic rings. The molecule has 5 heteroatoms. The standard InChI is InChI=1S/C14H26N2O3/c1-2-3-4-5-6-7-9-15-14(19)16-10-8-12(11-16)13(17)18/h12H,2-11H2,1H3,(H,15,19)(H,17,18). The highest BCUT2D eigenvalue weighted by Gasteiger charge is 2.30. The minimum atomic E-state index is -0.800. The largest absolute Gasteiger partial charge is 0.481 e. The fourth-order valence-electron chi connectivity index (χ4n) is 2.36. The maximum atomic E-state index is 11.8. The van der Waals surface area contributed by atoms with Gasteiger partial charge in [-0.05, 0) is 12.8 Å². The lowest BCUT2D eigenvalue weighted by atomic mass is 10.1. The SMILES string of the molecule is CCCCCCCCNC(=O)N1CCC(C(=O)O)C1. The van der Waals surface area contributed by atoms with Crippen LogP contribution in [0.4, 0.5) is 4.79 Å². The summed E-state index contributed by atoms with van der Waals surface area (Å²) < 4.78 is 0. The second-order valence-corrected chi connectivity index (χ2v) is 5.27. The van der Waals surface area contributed by atoms with Gasteiger partial charge in [-0.1, -0.05) is 39.0 Å². The van der Waals surface area contributed by atoms with Gasteiger partial charge in [-0.2, -0.15) is 0 Å². The highest BCUT2D eigenvalue weighted by molar-refractivity contribution is 5.77. The summed E-state index contributed by atoms with van der Waals surface area (Å²) in [6.45, 7) is 3.79. The van der Waals surface area contributed by atoms with E-state index in [1.807, 2.05) is 0 Å². The van der Waals surface area contributed by atoms with Gasteiger partial charge in [0.2, 0.25) is 0 Å². The Morgan fingerprint density at radius 3 is 2.53 bits per heavy atom. The third kappa shape index (κ3) is 5.94. The van der Waals surface area contributed by atoms with Gasteiger partial charge < -0.3 is 15.3 Å². The molecule has 0 radical (unpaired) electrons. The first-order valence-electron chi connectivity index (χ1n) is 7.40. The Kier molecular flexibility index (Phi) is 7.30. The number of likely N-dealkylation sites (tertiary alicyclic amines) is 1. The molecule has 2 N–H and O–H groups in total. The first kappa shape index (κ1) is 15.8. The van der Waals surface area contributed by atoms with Gasteiger partial charge in [0, 0.05) is 19.6 Å². The van der Waals surface area contributed by atoms with Crippen LogP contribution >= 0.6 is 0 Å². The zero-order valence-electron chi connectivity index (χ0n) is 11.9. The van der Waals surface area contributed by atoms with Gasteiger partial charge >= 0.3 is 12.0 Å². The molecular formula is C14H26N2O3. The topological polar surface area (TPSA) is 69.6 Å². The summed E-state index contributed by atoms with van der Waals surface area (Å²) in [5.74, 6) is -1.19. The van der Waals surface area contributed by atoms with E-state index in [4.69, 9.17) is 5.11 Å². The number of nitrogens with one attached hydrogen (secondary N) is 1. The second kappa shape index (κ2) is 8.77. The number of carbonyl (C=O) groups is 2. The van der Waals surface area contributed by atoms with Crippen LogP contribution in [0.5, 0.6) is 0 Å². The molecule has 0 spiro atoms. The highest BCUT2D eigenvalue weighted by Crippen LogP contribution is 2.16. The number of rotatable bonds is 8. The van der Waals surface area contributed by atoms with E-state index in [1.54, 1.807) is 4.90 Å². The molecule has 0 bridgehead atoms. The predicted octanol–water partition coefficient (Wildman–Crippen LogP) is 2.46. The quantitative estimate of drug-likeness (QED) is 0.666. The number of urea groups is 1. The van der Waals surface area contributed by atoms with E-state index in [0.717, 1.165) is 12.8 Å². The van der Waals surface area contributed by atoms with Gasteiger partial charge in [0.05, 0.1) is 5.92 Å². The molecule has 0 aromatic carbocycles. The van der Waals surface area contributed by atoms with Crippen molar-refractivity contribution in [3.05, 3.63) is 0 Å². The fourth-order valence-corrected chi connectivity index (χ4v) is 2.36. The van der Waals surface area contributed by atoms with Crippen LogP contribution in [0.15, 0.2) is 0 Å². The van der Waals surface area contributed by atoms with Crippen LogP contribution < -0.4 is 5.32 Å². The van der Waals surface area contributed by atoms with Crippen molar-refractivity contribution in [3.8, 4) is 0 Å². The van der Waals surface area contributed by atoms with E-state index < -0.39 is 5.97 Å². The summed E-state index contributed by atoms with van der Waals surface area (Å²) in [6.07, 6.45) is 7.77. The van der Waals surface area contributed by atoms with E-state index in [2.05, 4.69) is 12.2 Å². The van der Waals surface area contributed by atoms with Crippen molar-refractivity contribution in [2.24, 2.45) is 5.92 Å². The third-order valence-corrected chi connectivity index (χ3v) is 3.63. The maximum absolute atomic E-state index is 11.8. The number of unbranched alkanes of at least 4 members (excludes halogenated alkanes) is 5. The van der Waals surface area contributed by atoms with Crippen LogP contribution in [0.3, 0.4) is 0 Å². The van der Waals surface area contributed by atoms with Crippen molar-refractivity contribution in [3.63, 3.8) is 0 Å². The number of carbonyl (C=O) groups excluding carboxylic acids is 1. The summed E-state index contributed by atoms with van der Waals surface area (Å²) >= 11 is 0. The van der Waals surface area contributed by atoms with Crippen molar-refractivity contribution < 1.29 is 14.7 Å². The Morgan fingerprint density at radius 2 is 1.89 bits per heavy atom. The molecular weight excluding hydrogens is 244 g/mol. The van der Waals surface area contributed by atoms with Crippen molar-refractivity contribution in [2.75, 3.05) is 19.6 Å². The van der Waals surface area contributed by atoms with Gasteiger partial charge in [0.1, 0.15) is 0 Å². The van der Waals surface area contributed by atoms with Crippen molar-refractivity contribution in [1.29, 1.82) is 0 Å². The van der Waals surface area contributed by atoms with Crippen LogP contribution in [0.1, 0.15) is 51.9 Å². The van der Waals surface area contributed by atoms with Crippen LogP contribution in [0.2, 0.25) is 0 Å². The van der Waals surface area contributed by atoms with E-state index in [-0.39, 0.29) is 11.9 Å². The molecule has 1 heterocycles. The molecule has 0 aromatic heterocycles. The molecule has 1 atom stereocenters. The average Bonchev–Trinajstić information content (AvgIpc) is 2.87. The number of hydrogen-bond acceptors (Lipinski definition) is 2. The van der Waals surface area contributed by atoms with E-state index >= 15 is 0 Å². The molecule has 19 heavy (non-hydrogen) atoms. The molecule has 0 saturated carbocycles. The van der Waals surface area contributed by atoms with E-state index in [1.165, 1.54) is 25.7 Å². The van der Waals surface area contributed by atoms with Crippen LogP contribution in [-0.2, 0) is 4.79 Å². The number of hydrogen-bond donors (Lipinski definition) is 2. The fraction of sp³-hybridized carbons (Fsp3) is 0.857. The minimum Gasteiger partial charge on any atom is -0.481 e. The monoisotopic (exact) mass is 270 g/mol. The van der Waals surface area contributed by atoms with Crippen LogP contribution in [0, 0.1) is 5.92 Å². The van der Waals surface area contributed by atoms with Gasteiger partial charge in [0.25, 0.3) is 0 Å². The summed E-state index contributed by atoms with van der Waals surface area (Å²) in [6, 6.07) is -0.114. The first-order valence-corrected chi connectivity index (χ1v) is 7.40. The molecule has 1 fully saturated rings. The smallest absolute Gasteiger partial charge is 0.317 e. The normalized spacial score (nSPS) is 18.6. The van der Waals surface area contributed by atoms with Crippen LogP contribution in [0.25, 0.3) is 0 Å². The summed E-state index contributed by atoms with van der Waals surface area (Å²) in [5, 5.41) is 11.7. The Morgan fingerprint density at radius 1 is 1.21 bits per heavy atom. The van der Waals surface area contributed by atoms with Gasteiger partial charge in [-0.15, -0.1) is 0 Å². The lowest BCUT2D eigenvalue weighted by Gasteiger charge is -2.16. The van der Waals surface area contributed by atoms with Gasteiger partial charge in [-0.25, -0.2) is 4.79 Å². The molecule has 1 rings (SSSR count). The number of amides is 2. The Balaban J connectivity index is 2.04. The van der Waals surface area contributed by atoms with Crippen molar-refractivity contribution >= 4 is 12.0 Å². The predicted molar refractivity (Wildman–Crippen MR) is 74.1 cm³/mol. The van der Waals surface area contributed by atoms with Crippen molar-refractivity contribution in [1.82, 2.24) is 10.2 Å². The summed E-state index contributed by atoms with van der Waals surface area (Å²) in [4.78, 5) is 24.2. The molecule has 1 aliphatic rings. The van der Waals surface area contributed by atoms with Gasteiger partial charge in [-0.3, -0.25) is 4.79 Å². The second-order valence-electron chi connectivity index (χ2n) is 5.27. The maximum Gasteiger partial charge on any atom is 0.317 e. The molecule has 1 unspecified atom stereocenters. The molecule has 0 aliphatic carbocycles. The first-order chi connectivity index (χ1) is 9.15. The average molecular weight is 270 g/mol. The number of nitrogens with zero attached hydrogens (tertiary/aromatic N) is 1. The Hall–Kier alpha value is -1.26. The van der Waals surface area contributed by atoms with E-state index in [0.29, 0.717) is 26.1 Å². The molecule has 5 nitrogen and oxygen atoms in total. The Bertz CT molecular complexity index is 294. The van der Waals surface area contributed by atoms with Gasteiger partial charge in [0.15, 0.2) is 0 Å². The number of carboxylic acids is 1. The van der Waals surface area contributed by atoms with Crippen molar-refractivity contribution in [2.45, 2.75) is 51.9 Å². The highest BCUT2D eigenvalue weighted by atomic mass is 16.4. The summed E-state index contributed by atoms with van der Waals surface area (Å²) in [7, 11) is 0. The Labute approximate surface area is 115 Å². The number of carboxylic acid groups (broad SMARTS) is 1. The van der Waals surface area contributed by atoms with E-state index in [9.17, 15) is 9.59 Å². The summed E-state index contributed by atoms with van der Waals surface area (Å²) in [5.41, 5.74) is 0.